The maximum atomic E-state index is 12.5. The van der Waals surface area contributed by atoms with Gasteiger partial charge in [-0.15, -0.1) is 0 Å². The number of rotatable bonds is 6. The van der Waals surface area contributed by atoms with Crippen LogP contribution in [0.2, 0.25) is 0 Å². The molecule has 0 aromatic carbocycles. The molecule has 0 unspecified atom stereocenters. The summed E-state index contributed by atoms with van der Waals surface area (Å²) in [5, 5.41) is 27.3. The molecule has 0 fully saturated rings. The summed E-state index contributed by atoms with van der Waals surface area (Å²) in [5.74, 6) is -7.33. The second kappa shape index (κ2) is 5.41. The molecular weight excluding hydrogens is 238 g/mol. The summed E-state index contributed by atoms with van der Waals surface area (Å²) in [6.07, 6.45) is -4.22. The van der Waals surface area contributed by atoms with Crippen LogP contribution in [0.5, 0.6) is 0 Å². The molecule has 1 amide bonds. The van der Waals surface area contributed by atoms with E-state index < -0.39 is 43.6 Å². The normalized spacial score (nSPS) is 13.0. The van der Waals surface area contributed by atoms with Crippen LogP contribution in [-0.4, -0.2) is 58.9 Å². The molecule has 9 heteroatoms. The van der Waals surface area contributed by atoms with Gasteiger partial charge in [0.15, 0.2) is 0 Å². The van der Waals surface area contributed by atoms with Crippen molar-refractivity contribution in [3.05, 3.63) is 0 Å². The van der Waals surface area contributed by atoms with Gasteiger partial charge in [0, 0.05) is 0 Å². The second-order valence-electron chi connectivity index (χ2n) is 3.13. The minimum Gasteiger partial charge on any atom is -0.394 e. The molecule has 0 rings (SSSR count). The molecular formula is C7H11F4NO4. The molecule has 0 saturated carbocycles. The molecule has 96 valence electrons. The maximum absolute atomic E-state index is 12.5. The highest BCUT2D eigenvalue weighted by Gasteiger charge is 2.51. The Labute approximate surface area is 87.7 Å². The van der Waals surface area contributed by atoms with Crippen molar-refractivity contribution < 1.29 is 37.7 Å². The van der Waals surface area contributed by atoms with Gasteiger partial charge < -0.3 is 20.6 Å². The third kappa shape index (κ3) is 3.03. The lowest BCUT2D eigenvalue weighted by Gasteiger charge is -2.30. The lowest BCUT2D eigenvalue weighted by molar-refractivity contribution is -0.173. The minimum atomic E-state index is -4.95. The summed E-state index contributed by atoms with van der Waals surface area (Å²) in [6, 6.07) is 0. The van der Waals surface area contributed by atoms with E-state index in [4.69, 9.17) is 15.3 Å². The van der Waals surface area contributed by atoms with Gasteiger partial charge in [-0.05, 0) is 0 Å². The summed E-state index contributed by atoms with van der Waals surface area (Å²) in [5.41, 5.74) is -2.16. The zero-order chi connectivity index (χ0) is 13.0. The van der Waals surface area contributed by atoms with Crippen molar-refractivity contribution in [2.75, 3.05) is 19.8 Å². The van der Waals surface area contributed by atoms with Crippen molar-refractivity contribution in [2.24, 2.45) is 0 Å². The van der Waals surface area contributed by atoms with E-state index in [9.17, 15) is 22.4 Å². The van der Waals surface area contributed by atoms with E-state index in [1.54, 1.807) is 0 Å². The average molecular weight is 249 g/mol. The minimum absolute atomic E-state index is 1.08. The Morgan fingerprint density at radius 1 is 1.12 bits per heavy atom. The van der Waals surface area contributed by atoms with Crippen LogP contribution in [0.1, 0.15) is 0 Å². The van der Waals surface area contributed by atoms with Gasteiger partial charge in [0.05, 0.1) is 19.8 Å². The van der Waals surface area contributed by atoms with Crippen LogP contribution in [0, 0.1) is 0 Å². The first-order valence-corrected chi connectivity index (χ1v) is 4.07. The SMILES string of the molecule is O=C(NC(CO)(CO)CO)C(F)(F)C(F)F. The van der Waals surface area contributed by atoms with Gasteiger partial charge in [0.2, 0.25) is 0 Å². The summed E-state index contributed by atoms with van der Waals surface area (Å²) >= 11 is 0. The van der Waals surface area contributed by atoms with Crippen molar-refractivity contribution >= 4 is 5.91 Å². The molecule has 0 radical (unpaired) electrons. The highest BCUT2D eigenvalue weighted by Crippen LogP contribution is 2.23. The number of hydrogen-bond acceptors (Lipinski definition) is 4. The molecule has 0 heterocycles. The topological polar surface area (TPSA) is 89.8 Å². The van der Waals surface area contributed by atoms with E-state index in [2.05, 4.69) is 0 Å². The van der Waals surface area contributed by atoms with Crippen molar-refractivity contribution in [2.45, 2.75) is 17.9 Å². The van der Waals surface area contributed by atoms with Crippen molar-refractivity contribution in [1.29, 1.82) is 0 Å². The molecule has 0 aromatic rings. The van der Waals surface area contributed by atoms with Crippen LogP contribution in [0.3, 0.4) is 0 Å². The number of aliphatic hydroxyl groups is 3. The quantitative estimate of drug-likeness (QED) is 0.441. The van der Waals surface area contributed by atoms with Crippen molar-refractivity contribution in [3.8, 4) is 0 Å². The van der Waals surface area contributed by atoms with Gasteiger partial charge in [-0.2, -0.15) is 8.78 Å². The molecule has 0 aromatic heterocycles. The van der Waals surface area contributed by atoms with Gasteiger partial charge in [-0.1, -0.05) is 0 Å². The molecule has 5 nitrogen and oxygen atoms in total. The Kier molecular flexibility index (Phi) is 5.10. The third-order valence-electron chi connectivity index (χ3n) is 1.86. The molecule has 16 heavy (non-hydrogen) atoms. The van der Waals surface area contributed by atoms with E-state index in [-0.39, 0.29) is 0 Å². The van der Waals surface area contributed by atoms with Crippen LogP contribution < -0.4 is 5.32 Å². The largest absolute Gasteiger partial charge is 0.394 e. The fourth-order valence-electron chi connectivity index (χ4n) is 0.692. The van der Waals surface area contributed by atoms with E-state index in [1.807, 2.05) is 0 Å². The molecule has 0 spiro atoms. The molecule has 4 N–H and O–H groups in total. The van der Waals surface area contributed by atoms with Crippen molar-refractivity contribution in [3.63, 3.8) is 0 Å². The predicted molar refractivity (Wildman–Crippen MR) is 43.1 cm³/mol. The van der Waals surface area contributed by atoms with Gasteiger partial charge in [0.25, 0.3) is 5.91 Å². The number of carbonyl (C=O) groups excluding carboxylic acids is 1. The predicted octanol–water partition coefficient (Wildman–Crippen LogP) is -1.28. The molecule has 0 atom stereocenters. The van der Waals surface area contributed by atoms with E-state index >= 15 is 0 Å². The van der Waals surface area contributed by atoms with Crippen LogP contribution >= 0.6 is 0 Å². The molecule has 0 aliphatic heterocycles. The van der Waals surface area contributed by atoms with Gasteiger partial charge in [0.1, 0.15) is 5.54 Å². The number of carbonyl (C=O) groups is 1. The lowest BCUT2D eigenvalue weighted by atomic mass is 10.0. The molecule has 0 bridgehead atoms. The van der Waals surface area contributed by atoms with Crippen LogP contribution in [-0.2, 0) is 4.79 Å². The van der Waals surface area contributed by atoms with E-state index in [1.165, 1.54) is 5.32 Å². The second-order valence-corrected chi connectivity index (χ2v) is 3.13. The summed E-state index contributed by atoms with van der Waals surface area (Å²) in [4.78, 5) is 10.7. The number of halogens is 4. The maximum Gasteiger partial charge on any atom is 0.383 e. The highest BCUT2D eigenvalue weighted by atomic mass is 19.3. The average Bonchev–Trinajstić information content (AvgIpc) is 2.25. The summed E-state index contributed by atoms with van der Waals surface area (Å²) in [6.45, 7) is -3.23. The highest BCUT2D eigenvalue weighted by molar-refractivity contribution is 5.84. The first-order chi connectivity index (χ1) is 7.25. The molecule has 0 saturated heterocycles. The fourth-order valence-corrected chi connectivity index (χ4v) is 0.692. The Hall–Kier alpha value is -0.930. The standard InChI is InChI=1S/C7H11F4NO4/c8-4(9)7(10,11)5(16)12-6(1-13,2-14)3-15/h4,13-15H,1-3H2,(H,12,16). The Bertz CT molecular complexity index is 236. The number of hydrogen-bond donors (Lipinski definition) is 4. The van der Waals surface area contributed by atoms with Gasteiger partial charge >= 0.3 is 12.3 Å². The number of nitrogens with one attached hydrogen (secondary N) is 1. The fraction of sp³-hybridized carbons (Fsp3) is 0.857. The first kappa shape index (κ1) is 15.1. The summed E-state index contributed by atoms with van der Waals surface area (Å²) < 4.78 is 48.4. The lowest BCUT2D eigenvalue weighted by Crippen LogP contribution is -2.61. The zero-order valence-corrected chi connectivity index (χ0v) is 7.96. The number of amides is 1. The number of aliphatic hydroxyl groups excluding tert-OH is 3. The Morgan fingerprint density at radius 3 is 1.75 bits per heavy atom. The molecule has 0 aliphatic carbocycles. The summed E-state index contributed by atoms with van der Waals surface area (Å²) in [7, 11) is 0. The van der Waals surface area contributed by atoms with Crippen LogP contribution in [0.15, 0.2) is 0 Å². The first-order valence-electron chi connectivity index (χ1n) is 4.07. The monoisotopic (exact) mass is 249 g/mol. The zero-order valence-electron chi connectivity index (χ0n) is 7.96. The number of alkyl halides is 4. The van der Waals surface area contributed by atoms with Gasteiger partial charge in [-0.3, -0.25) is 4.79 Å². The Morgan fingerprint density at radius 2 is 1.50 bits per heavy atom. The van der Waals surface area contributed by atoms with E-state index in [0.29, 0.717) is 0 Å². The third-order valence-corrected chi connectivity index (χ3v) is 1.86. The smallest absolute Gasteiger partial charge is 0.383 e. The van der Waals surface area contributed by atoms with Crippen LogP contribution in [0.25, 0.3) is 0 Å². The van der Waals surface area contributed by atoms with E-state index in [0.717, 1.165) is 0 Å². The van der Waals surface area contributed by atoms with Gasteiger partial charge in [-0.25, -0.2) is 8.78 Å². The van der Waals surface area contributed by atoms with Crippen molar-refractivity contribution in [1.82, 2.24) is 5.32 Å². The van der Waals surface area contributed by atoms with Crippen LogP contribution in [0.4, 0.5) is 17.6 Å². The molecule has 0 aliphatic rings. The Balaban J connectivity index is 4.78.